The molecule has 0 radical (unpaired) electrons. The van der Waals surface area contributed by atoms with Crippen molar-refractivity contribution in [1.82, 2.24) is 15.0 Å². The van der Waals surface area contributed by atoms with Gasteiger partial charge in [0.05, 0.1) is 0 Å². The summed E-state index contributed by atoms with van der Waals surface area (Å²) in [5.41, 5.74) is 4.11. The summed E-state index contributed by atoms with van der Waals surface area (Å²) < 4.78 is 5.64. The molecule has 1 amide bonds. The van der Waals surface area contributed by atoms with Gasteiger partial charge in [0.25, 0.3) is 5.91 Å². The van der Waals surface area contributed by atoms with E-state index in [0.717, 1.165) is 42.4 Å². The molecule has 32 heavy (non-hydrogen) atoms. The zero-order valence-corrected chi connectivity index (χ0v) is 19.2. The van der Waals surface area contributed by atoms with Crippen LogP contribution in [-0.4, -0.2) is 27.5 Å². The van der Waals surface area contributed by atoms with Gasteiger partial charge in [0.15, 0.2) is 0 Å². The number of benzene rings is 2. The van der Waals surface area contributed by atoms with E-state index in [-0.39, 0.29) is 11.9 Å². The molecule has 1 aromatic heterocycles. The Morgan fingerprint density at radius 3 is 2.72 bits per heavy atom. The summed E-state index contributed by atoms with van der Waals surface area (Å²) in [6.45, 7) is 4.99. The molecule has 0 aliphatic carbocycles. The average Bonchev–Trinajstić information content (AvgIpc) is 3.32. The molecule has 0 unspecified atom stereocenters. The van der Waals surface area contributed by atoms with Crippen LogP contribution in [0.2, 0.25) is 0 Å². The minimum Gasteiger partial charge on any atom is -0.337 e. The monoisotopic (exact) mass is 431 g/mol. The molecule has 1 atom stereocenters. The van der Waals surface area contributed by atoms with E-state index >= 15 is 0 Å². The quantitative estimate of drug-likeness (QED) is 0.380. The lowest BCUT2D eigenvalue weighted by atomic mass is 9.99. The molecule has 4 rings (SSSR count). The number of unbranched alkanes of at least 4 members (excludes halogenated alkanes) is 3. The number of nitrogens with zero attached hydrogens (tertiary/aromatic N) is 3. The normalized spacial score (nSPS) is 16.3. The first-order valence-corrected chi connectivity index (χ1v) is 12.0. The fraction of sp³-hybridized carbons (Fsp3) is 0.444. The summed E-state index contributed by atoms with van der Waals surface area (Å²) in [6, 6.07) is 16.0. The van der Waals surface area contributed by atoms with Gasteiger partial charge in [-0.1, -0.05) is 67.2 Å². The van der Waals surface area contributed by atoms with Crippen molar-refractivity contribution in [3.8, 4) is 11.4 Å². The van der Waals surface area contributed by atoms with Crippen molar-refractivity contribution < 1.29 is 9.32 Å². The van der Waals surface area contributed by atoms with Crippen molar-refractivity contribution in [2.75, 3.05) is 6.54 Å². The van der Waals surface area contributed by atoms with Crippen molar-refractivity contribution in [1.29, 1.82) is 0 Å². The molecule has 0 saturated carbocycles. The van der Waals surface area contributed by atoms with E-state index < -0.39 is 0 Å². The molecule has 0 bridgehead atoms. The first-order valence-electron chi connectivity index (χ1n) is 12.0. The minimum atomic E-state index is -0.170. The van der Waals surface area contributed by atoms with Crippen LogP contribution >= 0.6 is 0 Å². The van der Waals surface area contributed by atoms with Crippen molar-refractivity contribution in [2.45, 2.75) is 71.3 Å². The number of aryl methyl sites for hydroxylation is 2. The van der Waals surface area contributed by atoms with E-state index in [1.54, 1.807) is 0 Å². The lowest BCUT2D eigenvalue weighted by Gasteiger charge is -2.33. The van der Waals surface area contributed by atoms with E-state index in [4.69, 9.17) is 4.52 Å². The summed E-state index contributed by atoms with van der Waals surface area (Å²) in [6.07, 6.45) is 8.97. The van der Waals surface area contributed by atoms with Crippen LogP contribution in [0, 0.1) is 6.92 Å². The number of rotatable bonds is 8. The highest BCUT2D eigenvalue weighted by Crippen LogP contribution is 2.32. The predicted octanol–water partition coefficient (Wildman–Crippen LogP) is 6.54. The van der Waals surface area contributed by atoms with Crippen LogP contribution in [-0.2, 0) is 6.42 Å². The third-order valence-electron chi connectivity index (χ3n) is 6.29. The summed E-state index contributed by atoms with van der Waals surface area (Å²) in [5, 5.41) is 4.20. The van der Waals surface area contributed by atoms with Crippen LogP contribution in [0.5, 0.6) is 0 Å². The van der Waals surface area contributed by atoms with Gasteiger partial charge in [0.2, 0.25) is 11.7 Å². The number of piperidine rings is 1. The molecule has 1 aliphatic rings. The number of likely N-dealkylation sites (tertiary alicyclic amines) is 1. The van der Waals surface area contributed by atoms with Crippen LogP contribution in [0.3, 0.4) is 0 Å². The molecule has 5 nitrogen and oxygen atoms in total. The van der Waals surface area contributed by atoms with E-state index in [0.29, 0.717) is 18.3 Å². The molecule has 1 saturated heterocycles. The number of carbonyl (C=O) groups is 1. The second-order valence-electron chi connectivity index (χ2n) is 8.84. The van der Waals surface area contributed by atoms with Crippen LogP contribution in [0.4, 0.5) is 0 Å². The molecule has 168 valence electrons. The molecular weight excluding hydrogens is 398 g/mol. The molecule has 1 fully saturated rings. The van der Waals surface area contributed by atoms with Crippen molar-refractivity contribution in [3.05, 3.63) is 71.1 Å². The predicted molar refractivity (Wildman–Crippen MR) is 126 cm³/mol. The van der Waals surface area contributed by atoms with E-state index in [1.807, 2.05) is 48.2 Å². The van der Waals surface area contributed by atoms with Gasteiger partial charge in [-0.3, -0.25) is 4.79 Å². The van der Waals surface area contributed by atoms with Crippen LogP contribution in [0.1, 0.15) is 85.3 Å². The number of carbonyl (C=O) groups excluding carboxylic acids is 1. The third-order valence-corrected chi connectivity index (χ3v) is 6.29. The van der Waals surface area contributed by atoms with E-state index in [9.17, 15) is 4.79 Å². The Kier molecular flexibility index (Phi) is 7.35. The lowest BCUT2D eigenvalue weighted by molar-refractivity contribution is 0.0561. The Hall–Kier alpha value is -2.95. The molecule has 3 aromatic rings. The maximum Gasteiger partial charge on any atom is 0.254 e. The second kappa shape index (κ2) is 10.6. The molecule has 0 spiro atoms. The van der Waals surface area contributed by atoms with Gasteiger partial charge in [0, 0.05) is 17.7 Å². The first kappa shape index (κ1) is 22.3. The second-order valence-corrected chi connectivity index (χ2v) is 8.84. The molecule has 1 aliphatic heterocycles. The van der Waals surface area contributed by atoms with Gasteiger partial charge in [-0.15, -0.1) is 0 Å². The van der Waals surface area contributed by atoms with Gasteiger partial charge in [0.1, 0.15) is 6.04 Å². The number of hydrogen-bond donors (Lipinski definition) is 0. The molecule has 5 heteroatoms. The van der Waals surface area contributed by atoms with E-state index in [1.165, 1.54) is 31.2 Å². The van der Waals surface area contributed by atoms with Crippen molar-refractivity contribution >= 4 is 5.91 Å². The Bertz CT molecular complexity index is 1030. The first-order chi connectivity index (χ1) is 15.7. The molecular formula is C27H33N3O2. The maximum absolute atomic E-state index is 13.4. The van der Waals surface area contributed by atoms with Gasteiger partial charge >= 0.3 is 0 Å². The smallest absolute Gasteiger partial charge is 0.254 e. The average molecular weight is 432 g/mol. The van der Waals surface area contributed by atoms with Crippen LogP contribution < -0.4 is 0 Å². The standard InChI is InChI=1S/C27H33N3O2/c1-3-4-5-6-11-21-14-16-22(17-15-21)27(31)30-18-8-7-13-24(30)26-28-25(29-32-26)23-12-9-10-20(2)19-23/h9-10,12,14-17,19,24H,3-8,11,13,18H2,1-2H3/t24-/m1/s1. The van der Waals surface area contributed by atoms with Gasteiger partial charge in [-0.05, 0) is 62.8 Å². The SMILES string of the molecule is CCCCCCc1ccc(C(=O)N2CCCC[C@@H]2c2nc(-c3cccc(C)c3)no2)cc1. The molecule has 2 aromatic carbocycles. The summed E-state index contributed by atoms with van der Waals surface area (Å²) >= 11 is 0. The third kappa shape index (κ3) is 5.26. The fourth-order valence-electron chi connectivity index (χ4n) is 4.44. The zero-order chi connectivity index (χ0) is 22.3. The van der Waals surface area contributed by atoms with Crippen molar-refractivity contribution in [3.63, 3.8) is 0 Å². The Labute approximate surface area is 190 Å². The number of aromatic nitrogens is 2. The van der Waals surface area contributed by atoms with Crippen LogP contribution in [0.15, 0.2) is 53.1 Å². The minimum absolute atomic E-state index is 0.0440. The van der Waals surface area contributed by atoms with Crippen LogP contribution in [0.25, 0.3) is 11.4 Å². The van der Waals surface area contributed by atoms with Gasteiger partial charge in [-0.2, -0.15) is 4.98 Å². The summed E-state index contributed by atoms with van der Waals surface area (Å²) in [5.74, 6) is 1.15. The fourth-order valence-corrected chi connectivity index (χ4v) is 4.44. The Balaban J connectivity index is 1.47. The summed E-state index contributed by atoms with van der Waals surface area (Å²) in [4.78, 5) is 19.9. The molecule has 2 heterocycles. The largest absolute Gasteiger partial charge is 0.337 e. The summed E-state index contributed by atoms with van der Waals surface area (Å²) in [7, 11) is 0. The highest BCUT2D eigenvalue weighted by atomic mass is 16.5. The van der Waals surface area contributed by atoms with Crippen molar-refractivity contribution in [2.24, 2.45) is 0 Å². The number of hydrogen-bond acceptors (Lipinski definition) is 4. The zero-order valence-electron chi connectivity index (χ0n) is 19.2. The Morgan fingerprint density at radius 2 is 1.94 bits per heavy atom. The molecule has 0 N–H and O–H groups in total. The van der Waals surface area contributed by atoms with Gasteiger partial charge in [-0.25, -0.2) is 0 Å². The Morgan fingerprint density at radius 1 is 1.09 bits per heavy atom. The highest BCUT2D eigenvalue weighted by Gasteiger charge is 2.32. The lowest BCUT2D eigenvalue weighted by Crippen LogP contribution is -2.38. The van der Waals surface area contributed by atoms with E-state index in [2.05, 4.69) is 29.2 Å². The topological polar surface area (TPSA) is 59.2 Å². The number of amides is 1. The highest BCUT2D eigenvalue weighted by molar-refractivity contribution is 5.94. The van der Waals surface area contributed by atoms with Gasteiger partial charge < -0.3 is 9.42 Å². The maximum atomic E-state index is 13.4.